The van der Waals surface area contributed by atoms with E-state index in [4.69, 9.17) is 17.0 Å². The van der Waals surface area contributed by atoms with Gasteiger partial charge in [0.2, 0.25) is 0 Å². The van der Waals surface area contributed by atoms with Gasteiger partial charge < -0.3 is 15.4 Å². The highest BCUT2D eigenvalue weighted by molar-refractivity contribution is 7.98. The van der Waals surface area contributed by atoms with Crippen LogP contribution >= 0.6 is 24.0 Å². The third kappa shape index (κ3) is 3.57. The molecule has 21 heavy (non-hydrogen) atoms. The fourth-order valence-corrected chi connectivity index (χ4v) is 2.95. The first-order valence-electron chi connectivity index (χ1n) is 6.63. The lowest BCUT2D eigenvalue weighted by Crippen LogP contribution is -2.50. The minimum atomic E-state index is -0.503. The fourth-order valence-electron chi connectivity index (χ4n) is 2.28. The van der Waals surface area contributed by atoms with Crippen molar-refractivity contribution in [1.82, 2.24) is 10.6 Å². The zero-order chi connectivity index (χ0) is 15.4. The average molecular weight is 322 g/mol. The first-order valence-corrected chi connectivity index (χ1v) is 8.27. The summed E-state index contributed by atoms with van der Waals surface area (Å²) in [6.45, 7) is 6.04. The molecule has 2 unspecified atom stereocenters. The molecule has 1 saturated heterocycles. The summed E-state index contributed by atoms with van der Waals surface area (Å²) in [5, 5.41) is 6.53. The van der Waals surface area contributed by atoms with Gasteiger partial charge in [-0.15, -0.1) is 11.8 Å². The van der Waals surface area contributed by atoms with Crippen LogP contribution in [0.4, 0.5) is 0 Å². The van der Waals surface area contributed by atoms with Crippen LogP contribution in [0.5, 0.6) is 0 Å². The van der Waals surface area contributed by atoms with E-state index < -0.39 is 5.92 Å². The lowest BCUT2D eigenvalue weighted by molar-refractivity contribution is -0.147. The predicted molar refractivity (Wildman–Crippen MR) is 89.1 cm³/mol. The molecule has 112 valence electrons. The maximum atomic E-state index is 12.2. The summed E-state index contributed by atoms with van der Waals surface area (Å²) in [4.78, 5) is 13.4. The molecule has 0 amide bonds. The third-order valence-corrected chi connectivity index (χ3v) is 4.25. The molecule has 0 aliphatic carbocycles. The second-order valence-electron chi connectivity index (χ2n) is 4.60. The summed E-state index contributed by atoms with van der Waals surface area (Å²) in [7, 11) is 0. The highest BCUT2D eigenvalue weighted by Gasteiger charge is 2.37. The number of hydrogen-bond donors (Lipinski definition) is 2. The molecular weight excluding hydrogens is 304 g/mol. The zero-order valence-corrected chi connectivity index (χ0v) is 13.6. The Labute approximate surface area is 134 Å². The van der Waals surface area contributed by atoms with Crippen LogP contribution in [0, 0.1) is 5.92 Å². The summed E-state index contributed by atoms with van der Waals surface area (Å²) in [6, 6.07) is 7.78. The summed E-state index contributed by atoms with van der Waals surface area (Å²) >= 11 is 6.85. The summed E-state index contributed by atoms with van der Waals surface area (Å²) in [5.74, 6) is -0.805. The Hall–Kier alpha value is -1.53. The molecular formula is C15H18N2O2S2. The van der Waals surface area contributed by atoms with Gasteiger partial charge in [-0.05, 0) is 43.1 Å². The van der Waals surface area contributed by atoms with E-state index in [1.165, 1.54) is 4.90 Å². The fraction of sp³-hybridized carbons (Fsp3) is 0.333. The van der Waals surface area contributed by atoms with Gasteiger partial charge in [0.25, 0.3) is 0 Å². The smallest absolute Gasteiger partial charge is 0.317 e. The van der Waals surface area contributed by atoms with Gasteiger partial charge in [0.05, 0.1) is 12.6 Å². The van der Waals surface area contributed by atoms with Crippen molar-refractivity contribution in [3.8, 4) is 0 Å². The van der Waals surface area contributed by atoms with Gasteiger partial charge in [-0.3, -0.25) is 4.79 Å². The highest BCUT2D eigenvalue weighted by Crippen LogP contribution is 2.31. The molecule has 0 aromatic heterocycles. The molecule has 4 nitrogen and oxygen atoms in total. The molecule has 1 aliphatic heterocycles. The largest absolute Gasteiger partial charge is 0.465 e. The van der Waals surface area contributed by atoms with Gasteiger partial charge in [0, 0.05) is 10.6 Å². The Morgan fingerprint density at radius 2 is 2.10 bits per heavy atom. The SMILES string of the molecule is C=C1NC(=S)NC(c2ccc(SC)cc2)C1C(=O)OCC. The second kappa shape index (κ2) is 6.95. The number of esters is 1. The van der Waals surface area contributed by atoms with Crippen LogP contribution in [-0.2, 0) is 9.53 Å². The number of rotatable bonds is 4. The quantitative estimate of drug-likeness (QED) is 0.505. The van der Waals surface area contributed by atoms with E-state index in [1.807, 2.05) is 30.5 Å². The lowest BCUT2D eigenvalue weighted by atomic mass is 9.89. The van der Waals surface area contributed by atoms with E-state index in [2.05, 4.69) is 17.2 Å². The van der Waals surface area contributed by atoms with Gasteiger partial charge in [-0.1, -0.05) is 18.7 Å². The van der Waals surface area contributed by atoms with Crippen LogP contribution in [0.15, 0.2) is 41.4 Å². The van der Waals surface area contributed by atoms with E-state index in [1.54, 1.807) is 18.7 Å². The molecule has 0 radical (unpaired) electrons. The number of nitrogens with one attached hydrogen (secondary N) is 2. The van der Waals surface area contributed by atoms with E-state index in [0.29, 0.717) is 17.4 Å². The van der Waals surface area contributed by atoms with Crippen molar-refractivity contribution >= 4 is 35.1 Å². The molecule has 0 spiro atoms. The van der Waals surface area contributed by atoms with Crippen molar-refractivity contribution in [2.24, 2.45) is 5.92 Å². The molecule has 0 saturated carbocycles. The molecule has 1 aromatic rings. The molecule has 0 bridgehead atoms. The van der Waals surface area contributed by atoms with Crippen LogP contribution in [0.1, 0.15) is 18.5 Å². The Morgan fingerprint density at radius 3 is 2.67 bits per heavy atom. The van der Waals surface area contributed by atoms with Gasteiger partial charge in [-0.25, -0.2) is 0 Å². The van der Waals surface area contributed by atoms with Crippen molar-refractivity contribution in [3.05, 3.63) is 42.1 Å². The molecule has 1 heterocycles. The first-order chi connectivity index (χ1) is 10.1. The molecule has 1 fully saturated rings. The van der Waals surface area contributed by atoms with Crippen LogP contribution < -0.4 is 10.6 Å². The number of carbonyl (C=O) groups is 1. The maximum absolute atomic E-state index is 12.2. The Morgan fingerprint density at radius 1 is 1.43 bits per heavy atom. The van der Waals surface area contributed by atoms with Crippen molar-refractivity contribution in [2.75, 3.05) is 12.9 Å². The standard InChI is InChI=1S/C15H18N2O2S2/c1-4-19-14(18)12-9(2)16-15(20)17-13(12)10-5-7-11(21-3)8-6-10/h5-8,12-13H,2,4H2,1,3H3,(H2,16,17,20). The second-order valence-corrected chi connectivity index (χ2v) is 5.89. The Kier molecular flexibility index (Phi) is 5.25. The van der Waals surface area contributed by atoms with E-state index in [9.17, 15) is 4.79 Å². The van der Waals surface area contributed by atoms with Gasteiger partial charge >= 0.3 is 5.97 Å². The van der Waals surface area contributed by atoms with Crippen molar-refractivity contribution < 1.29 is 9.53 Å². The average Bonchev–Trinajstić information content (AvgIpc) is 2.46. The maximum Gasteiger partial charge on any atom is 0.317 e. The topological polar surface area (TPSA) is 50.4 Å². The molecule has 6 heteroatoms. The van der Waals surface area contributed by atoms with Gasteiger partial charge in [0.15, 0.2) is 5.11 Å². The highest BCUT2D eigenvalue weighted by atomic mass is 32.2. The number of ether oxygens (including phenoxy) is 1. The number of thiocarbonyl (C=S) groups is 1. The molecule has 1 aromatic carbocycles. The Balaban J connectivity index is 2.32. The van der Waals surface area contributed by atoms with E-state index >= 15 is 0 Å². The van der Waals surface area contributed by atoms with Crippen molar-refractivity contribution in [2.45, 2.75) is 17.9 Å². The predicted octanol–water partition coefficient (Wildman–Crippen LogP) is 2.62. The van der Waals surface area contributed by atoms with E-state index in [-0.39, 0.29) is 12.0 Å². The van der Waals surface area contributed by atoms with Crippen LogP contribution in [0.2, 0.25) is 0 Å². The molecule has 2 rings (SSSR count). The number of benzene rings is 1. The van der Waals surface area contributed by atoms with Gasteiger partial charge in [0.1, 0.15) is 5.92 Å². The first kappa shape index (κ1) is 15.9. The summed E-state index contributed by atoms with van der Waals surface area (Å²) in [6.07, 6.45) is 2.02. The summed E-state index contributed by atoms with van der Waals surface area (Å²) in [5.41, 5.74) is 1.55. The zero-order valence-electron chi connectivity index (χ0n) is 12.0. The van der Waals surface area contributed by atoms with E-state index in [0.717, 1.165) is 5.56 Å². The molecule has 2 N–H and O–H groups in total. The summed E-state index contributed by atoms with van der Waals surface area (Å²) < 4.78 is 5.16. The van der Waals surface area contributed by atoms with Crippen molar-refractivity contribution in [1.29, 1.82) is 0 Å². The minimum absolute atomic E-state index is 0.263. The monoisotopic (exact) mass is 322 g/mol. The van der Waals surface area contributed by atoms with Gasteiger partial charge in [-0.2, -0.15) is 0 Å². The number of carbonyl (C=O) groups excluding carboxylic acids is 1. The normalized spacial score (nSPS) is 21.4. The number of thioether (sulfide) groups is 1. The third-order valence-electron chi connectivity index (χ3n) is 3.28. The van der Waals surface area contributed by atoms with Crippen LogP contribution in [0.25, 0.3) is 0 Å². The number of hydrogen-bond acceptors (Lipinski definition) is 4. The van der Waals surface area contributed by atoms with Crippen LogP contribution in [-0.4, -0.2) is 23.9 Å². The van der Waals surface area contributed by atoms with Crippen molar-refractivity contribution in [3.63, 3.8) is 0 Å². The minimum Gasteiger partial charge on any atom is -0.465 e. The molecule has 1 aliphatic rings. The molecule has 2 atom stereocenters. The lowest BCUT2D eigenvalue weighted by Gasteiger charge is -2.34. The van der Waals surface area contributed by atoms with Crippen LogP contribution in [0.3, 0.4) is 0 Å². The Bertz CT molecular complexity index is 557.